The molecule has 0 spiro atoms. The van der Waals surface area contributed by atoms with E-state index in [0.717, 1.165) is 9.56 Å². The summed E-state index contributed by atoms with van der Waals surface area (Å²) in [5.74, 6) is 0.162. The van der Waals surface area contributed by atoms with E-state index in [4.69, 9.17) is 4.74 Å². The van der Waals surface area contributed by atoms with Crippen LogP contribution in [0, 0.1) is 0 Å². The first kappa shape index (κ1) is 17.0. The van der Waals surface area contributed by atoms with E-state index in [1.165, 1.54) is 29.3 Å². The smallest absolute Gasteiger partial charge is 0.293 e. The fourth-order valence-corrected chi connectivity index (χ4v) is 3.35. The molecule has 0 aliphatic heterocycles. The Kier molecular flexibility index (Phi) is 4.43. The summed E-state index contributed by atoms with van der Waals surface area (Å²) in [5, 5.41) is 13.1. The molecule has 3 heterocycles. The summed E-state index contributed by atoms with van der Waals surface area (Å²) >= 11 is 1.54. The number of nitrogens with zero attached hydrogens (tertiary/aromatic N) is 4. The first-order valence-corrected chi connectivity index (χ1v) is 8.96. The molecule has 3 aromatic heterocycles. The Bertz CT molecular complexity index is 1160. The van der Waals surface area contributed by atoms with E-state index in [1.807, 2.05) is 17.5 Å². The number of rotatable bonds is 5. The number of nitrogens with one attached hydrogen (secondary N) is 1. The molecular formula is C18H15N5O3S. The van der Waals surface area contributed by atoms with Crippen LogP contribution in [0.2, 0.25) is 0 Å². The largest absolute Gasteiger partial charge is 0.495 e. The SMILES string of the molecule is COc1ccccc1NC(=O)Cn1ncn2nc(-c3cccs3)cc2c1=O. The Morgan fingerprint density at radius 2 is 2.11 bits per heavy atom. The van der Waals surface area contributed by atoms with Crippen LogP contribution in [0.5, 0.6) is 5.75 Å². The highest BCUT2D eigenvalue weighted by molar-refractivity contribution is 7.13. The van der Waals surface area contributed by atoms with Crippen molar-refractivity contribution in [2.45, 2.75) is 6.54 Å². The number of thiophene rings is 1. The van der Waals surface area contributed by atoms with Gasteiger partial charge in [-0.05, 0) is 29.6 Å². The summed E-state index contributed by atoms with van der Waals surface area (Å²) in [6, 6.07) is 12.6. The highest BCUT2D eigenvalue weighted by atomic mass is 32.1. The Balaban J connectivity index is 1.59. The van der Waals surface area contributed by atoms with Crippen LogP contribution in [-0.4, -0.2) is 32.4 Å². The van der Waals surface area contributed by atoms with Crippen molar-refractivity contribution in [3.63, 3.8) is 0 Å². The molecule has 4 rings (SSSR count). The minimum atomic E-state index is -0.386. The van der Waals surface area contributed by atoms with Crippen molar-refractivity contribution in [1.82, 2.24) is 19.4 Å². The topological polar surface area (TPSA) is 90.5 Å². The maximum atomic E-state index is 12.7. The fourth-order valence-electron chi connectivity index (χ4n) is 2.67. The van der Waals surface area contributed by atoms with Crippen LogP contribution in [0.1, 0.15) is 0 Å². The third kappa shape index (κ3) is 3.32. The third-order valence-electron chi connectivity index (χ3n) is 3.94. The van der Waals surface area contributed by atoms with E-state index in [-0.39, 0.29) is 18.0 Å². The first-order valence-electron chi connectivity index (χ1n) is 8.08. The molecule has 0 radical (unpaired) electrons. The molecule has 0 bridgehead atoms. The van der Waals surface area contributed by atoms with Gasteiger partial charge in [0.2, 0.25) is 5.91 Å². The maximum Gasteiger partial charge on any atom is 0.293 e. The van der Waals surface area contributed by atoms with E-state index in [1.54, 1.807) is 30.3 Å². The molecule has 1 N–H and O–H groups in total. The van der Waals surface area contributed by atoms with Crippen molar-refractivity contribution in [3.05, 3.63) is 64.5 Å². The minimum Gasteiger partial charge on any atom is -0.495 e. The van der Waals surface area contributed by atoms with Gasteiger partial charge in [-0.2, -0.15) is 10.2 Å². The molecule has 9 heteroatoms. The maximum absolute atomic E-state index is 12.7. The molecular weight excluding hydrogens is 366 g/mol. The van der Waals surface area contributed by atoms with Gasteiger partial charge in [0.15, 0.2) is 0 Å². The normalized spacial score (nSPS) is 10.9. The second-order valence-electron chi connectivity index (χ2n) is 5.68. The number of anilines is 1. The third-order valence-corrected chi connectivity index (χ3v) is 4.83. The van der Waals surface area contributed by atoms with Gasteiger partial charge in [0, 0.05) is 0 Å². The highest BCUT2D eigenvalue weighted by Gasteiger charge is 2.13. The lowest BCUT2D eigenvalue weighted by atomic mass is 10.3. The molecule has 136 valence electrons. The van der Waals surface area contributed by atoms with Gasteiger partial charge in [-0.15, -0.1) is 11.3 Å². The number of methoxy groups -OCH3 is 1. The van der Waals surface area contributed by atoms with Crippen LogP contribution < -0.4 is 15.6 Å². The predicted octanol–water partition coefficient (Wildman–Crippen LogP) is 2.27. The second kappa shape index (κ2) is 7.04. The number of carbonyl (C=O) groups excluding carboxylic acids is 1. The lowest BCUT2D eigenvalue weighted by Gasteiger charge is -2.10. The molecule has 0 atom stereocenters. The van der Waals surface area contributed by atoms with Crippen LogP contribution >= 0.6 is 11.3 Å². The molecule has 0 aliphatic carbocycles. The number of para-hydroxylation sites is 2. The monoisotopic (exact) mass is 381 g/mol. The lowest BCUT2D eigenvalue weighted by molar-refractivity contribution is -0.117. The number of benzene rings is 1. The zero-order valence-electron chi connectivity index (χ0n) is 14.3. The van der Waals surface area contributed by atoms with Crippen molar-refractivity contribution in [1.29, 1.82) is 0 Å². The number of fused-ring (bicyclic) bond motifs is 1. The molecule has 0 aliphatic rings. The van der Waals surface area contributed by atoms with Gasteiger partial charge >= 0.3 is 0 Å². The number of hydrogen-bond donors (Lipinski definition) is 1. The van der Waals surface area contributed by atoms with Gasteiger partial charge in [-0.1, -0.05) is 18.2 Å². The van der Waals surface area contributed by atoms with E-state index < -0.39 is 0 Å². The van der Waals surface area contributed by atoms with Gasteiger partial charge in [0.05, 0.1) is 17.7 Å². The van der Waals surface area contributed by atoms with Gasteiger partial charge in [-0.25, -0.2) is 9.20 Å². The average Bonchev–Trinajstić information content (AvgIpc) is 3.34. The standard InChI is InChI=1S/C18H15N5O3S/c1-26-15-6-3-2-5-12(15)20-17(24)10-22-18(25)14-9-13(16-7-4-8-27-16)21-23(14)11-19-22/h2-9,11H,10H2,1H3,(H,20,24). The Morgan fingerprint density at radius 1 is 1.26 bits per heavy atom. The van der Waals surface area contributed by atoms with Crippen LogP contribution in [-0.2, 0) is 11.3 Å². The van der Waals surface area contributed by atoms with Crippen LogP contribution in [0.15, 0.2) is 59.0 Å². The van der Waals surface area contributed by atoms with E-state index in [9.17, 15) is 9.59 Å². The summed E-state index contributed by atoms with van der Waals surface area (Å²) in [6.07, 6.45) is 1.42. The molecule has 1 aromatic carbocycles. The van der Waals surface area contributed by atoms with Crippen molar-refractivity contribution in [3.8, 4) is 16.3 Å². The summed E-state index contributed by atoms with van der Waals surface area (Å²) in [7, 11) is 1.52. The van der Waals surface area contributed by atoms with Crippen LogP contribution in [0.4, 0.5) is 5.69 Å². The predicted molar refractivity (Wildman–Crippen MR) is 102 cm³/mol. The average molecular weight is 381 g/mol. The van der Waals surface area contributed by atoms with Crippen LogP contribution in [0.25, 0.3) is 16.1 Å². The van der Waals surface area contributed by atoms with Crippen molar-refractivity contribution in [2.75, 3.05) is 12.4 Å². The summed E-state index contributed by atoms with van der Waals surface area (Å²) in [4.78, 5) is 26.0. The molecule has 27 heavy (non-hydrogen) atoms. The molecule has 0 fully saturated rings. The van der Waals surface area contributed by atoms with Gasteiger partial charge in [-0.3, -0.25) is 9.59 Å². The number of amides is 1. The molecule has 4 aromatic rings. The number of carbonyl (C=O) groups is 1. The summed E-state index contributed by atoms with van der Waals surface area (Å²) < 4.78 is 7.74. The van der Waals surface area contributed by atoms with Gasteiger partial charge in [0.25, 0.3) is 5.56 Å². The first-order chi connectivity index (χ1) is 13.2. The zero-order valence-corrected chi connectivity index (χ0v) is 15.1. The van der Waals surface area contributed by atoms with Crippen molar-refractivity contribution in [2.24, 2.45) is 0 Å². The summed E-state index contributed by atoms with van der Waals surface area (Å²) in [5.41, 5.74) is 1.20. The molecule has 0 saturated heterocycles. The lowest BCUT2D eigenvalue weighted by Crippen LogP contribution is -2.30. The van der Waals surface area contributed by atoms with Crippen molar-refractivity contribution >= 4 is 28.4 Å². The quantitative estimate of drug-likeness (QED) is 0.573. The second-order valence-corrected chi connectivity index (χ2v) is 6.63. The Morgan fingerprint density at radius 3 is 2.89 bits per heavy atom. The summed E-state index contributed by atoms with van der Waals surface area (Å²) in [6.45, 7) is -0.215. The zero-order chi connectivity index (χ0) is 18.8. The van der Waals surface area contributed by atoms with Gasteiger partial charge < -0.3 is 10.1 Å². The molecule has 1 amide bonds. The van der Waals surface area contributed by atoms with E-state index in [0.29, 0.717) is 22.6 Å². The highest BCUT2D eigenvalue weighted by Crippen LogP contribution is 2.24. The molecule has 0 unspecified atom stereocenters. The van der Waals surface area contributed by atoms with Crippen LogP contribution in [0.3, 0.4) is 0 Å². The van der Waals surface area contributed by atoms with E-state index >= 15 is 0 Å². The Labute approximate surface area is 157 Å². The number of hydrogen-bond acceptors (Lipinski definition) is 6. The number of ether oxygens (including phenoxy) is 1. The van der Waals surface area contributed by atoms with Crippen molar-refractivity contribution < 1.29 is 9.53 Å². The molecule has 0 saturated carbocycles. The fraction of sp³-hybridized carbons (Fsp3) is 0.111. The Hall–Kier alpha value is -3.46. The number of aromatic nitrogens is 4. The minimum absolute atomic E-state index is 0.215. The van der Waals surface area contributed by atoms with E-state index in [2.05, 4.69) is 15.5 Å². The van der Waals surface area contributed by atoms with Gasteiger partial charge in [0.1, 0.15) is 29.8 Å². The molecule has 8 nitrogen and oxygen atoms in total.